The van der Waals surface area contributed by atoms with Crippen molar-refractivity contribution in [1.29, 1.82) is 0 Å². The predicted octanol–water partition coefficient (Wildman–Crippen LogP) is 4.49. The molecule has 16 heavy (non-hydrogen) atoms. The summed E-state index contributed by atoms with van der Waals surface area (Å²) in [6.07, 6.45) is 0. The molecule has 0 spiro atoms. The number of benzene rings is 2. The number of nitrogen functional groups attached to an aromatic ring is 1. The van der Waals surface area contributed by atoms with Gasteiger partial charge in [0.25, 0.3) is 0 Å². The van der Waals surface area contributed by atoms with Gasteiger partial charge in [-0.05, 0) is 42.8 Å². The molecule has 0 aromatic heterocycles. The summed E-state index contributed by atoms with van der Waals surface area (Å²) in [5.41, 5.74) is 7.85. The van der Waals surface area contributed by atoms with Crippen LogP contribution in [0.3, 0.4) is 0 Å². The summed E-state index contributed by atoms with van der Waals surface area (Å²) in [6.45, 7) is 2.10. The van der Waals surface area contributed by atoms with E-state index >= 15 is 0 Å². The summed E-state index contributed by atoms with van der Waals surface area (Å²) in [5.74, 6) is 0. The lowest BCUT2D eigenvalue weighted by atomic mass is 10.2. The van der Waals surface area contributed by atoms with E-state index in [0.717, 1.165) is 10.2 Å². The van der Waals surface area contributed by atoms with Crippen LogP contribution in [0.5, 0.6) is 0 Å². The fourth-order valence-electron chi connectivity index (χ4n) is 1.38. The Hall–Kier alpha value is -0.930. The van der Waals surface area contributed by atoms with E-state index in [2.05, 4.69) is 41.1 Å². The second kappa shape index (κ2) is 4.93. The Morgan fingerprint density at radius 2 is 1.94 bits per heavy atom. The van der Waals surface area contributed by atoms with E-state index in [1.807, 2.05) is 24.3 Å². The van der Waals surface area contributed by atoms with E-state index in [1.54, 1.807) is 11.8 Å². The largest absolute Gasteiger partial charge is 0.399 e. The van der Waals surface area contributed by atoms with E-state index in [1.165, 1.54) is 15.4 Å². The van der Waals surface area contributed by atoms with Crippen LogP contribution in [0.2, 0.25) is 0 Å². The van der Waals surface area contributed by atoms with Gasteiger partial charge < -0.3 is 5.73 Å². The van der Waals surface area contributed by atoms with Crippen LogP contribution in [0, 0.1) is 6.92 Å². The van der Waals surface area contributed by atoms with Crippen molar-refractivity contribution in [2.75, 3.05) is 5.73 Å². The molecule has 2 N–H and O–H groups in total. The second-order valence-electron chi connectivity index (χ2n) is 3.58. The molecule has 2 aromatic carbocycles. The van der Waals surface area contributed by atoms with Gasteiger partial charge in [-0.25, -0.2) is 0 Å². The maximum atomic E-state index is 5.79. The van der Waals surface area contributed by atoms with Crippen LogP contribution < -0.4 is 5.73 Å². The van der Waals surface area contributed by atoms with Gasteiger partial charge in [0, 0.05) is 20.0 Å². The smallest absolute Gasteiger partial charge is 0.0325 e. The number of nitrogens with two attached hydrogens (primary N) is 1. The lowest BCUT2D eigenvalue weighted by Gasteiger charge is -2.06. The third-order valence-electron chi connectivity index (χ3n) is 2.24. The van der Waals surface area contributed by atoms with E-state index in [-0.39, 0.29) is 0 Å². The molecule has 0 amide bonds. The van der Waals surface area contributed by atoms with Crippen molar-refractivity contribution in [2.45, 2.75) is 16.7 Å². The minimum Gasteiger partial charge on any atom is -0.399 e. The molecular weight excluding hydrogens is 282 g/mol. The Kier molecular flexibility index (Phi) is 3.56. The third-order valence-corrected chi connectivity index (χ3v) is 3.88. The molecule has 0 aliphatic heterocycles. The van der Waals surface area contributed by atoms with E-state index in [4.69, 9.17) is 5.73 Å². The standard InChI is InChI=1S/C13H12BrNS/c1-9-5-6-11(15)8-13(9)16-12-4-2-3-10(14)7-12/h2-8H,15H2,1H3. The molecule has 2 aromatic rings. The zero-order chi connectivity index (χ0) is 11.5. The van der Waals surface area contributed by atoms with Gasteiger partial charge >= 0.3 is 0 Å². The number of anilines is 1. The first-order chi connectivity index (χ1) is 7.65. The van der Waals surface area contributed by atoms with Gasteiger partial charge in [-0.1, -0.05) is 39.8 Å². The van der Waals surface area contributed by atoms with Gasteiger partial charge in [-0.15, -0.1) is 0 Å². The Morgan fingerprint density at radius 3 is 2.69 bits per heavy atom. The van der Waals surface area contributed by atoms with Crippen LogP contribution in [-0.4, -0.2) is 0 Å². The zero-order valence-corrected chi connectivity index (χ0v) is 11.3. The fourth-order valence-corrected chi connectivity index (χ4v) is 2.95. The number of hydrogen-bond acceptors (Lipinski definition) is 2. The summed E-state index contributed by atoms with van der Waals surface area (Å²) in [6, 6.07) is 14.3. The number of rotatable bonds is 2. The van der Waals surface area contributed by atoms with E-state index < -0.39 is 0 Å². The number of hydrogen-bond donors (Lipinski definition) is 1. The zero-order valence-electron chi connectivity index (χ0n) is 8.91. The molecule has 0 aliphatic rings. The van der Waals surface area contributed by atoms with E-state index in [0.29, 0.717) is 0 Å². The van der Waals surface area contributed by atoms with Crippen molar-refractivity contribution >= 4 is 33.4 Å². The van der Waals surface area contributed by atoms with Gasteiger partial charge in [-0.3, -0.25) is 0 Å². The SMILES string of the molecule is Cc1ccc(N)cc1Sc1cccc(Br)c1. The lowest BCUT2D eigenvalue weighted by Crippen LogP contribution is -1.87. The first-order valence-electron chi connectivity index (χ1n) is 4.95. The van der Waals surface area contributed by atoms with Crippen LogP contribution in [0.25, 0.3) is 0 Å². The molecule has 0 saturated carbocycles. The Morgan fingerprint density at radius 1 is 1.12 bits per heavy atom. The Labute approximate surface area is 108 Å². The van der Waals surface area contributed by atoms with Gasteiger partial charge in [0.1, 0.15) is 0 Å². The van der Waals surface area contributed by atoms with Crippen molar-refractivity contribution in [3.63, 3.8) is 0 Å². The van der Waals surface area contributed by atoms with Crippen LogP contribution in [0.4, 0.5) is 5.69 Å². The fraction of sp³-hybridized carbons (Fsp3) is 0.0769. The van der Waals surface area contributed by atoms with Crippen molar-refractivity contribution in [3.8, 4) is 0 Å². The number of aryl methyl sites for hydroxylation is 1. The van der Waals surface area contributed by atoms with E-state index in [9.17, 15) is 0 Å². The highest BCUT2D eigenvalue weighted by Crippen LogP contribution is 2.32. The molecule has 0 atom stereocenters. The highest BCUT2D eigenvalue weighted by Gasteiger charge is 2.02. The summed E-state index contributed by atoms with van der Waals surface area (Å²) < 4.78 is 1.10. The van der Waals surface area contributed by atoms with Crippen LogP contribution >= 0.6 is 27.7 Å². The second-order valence-corrected chi connectivity index (χ2v) is 5.62. The first kappa shape index (κ1) is 11.6. The number of halogens is 1. The van der Waals surface area contributed by atoms with Gasteiger partial charge in [-0.2, -0.15) is 0 Å². The third kappa shape index (κ3) is 2.80. The monoisotopic (exact) mass is 293 g/mol. The highest BCUT2D eigenvalue weighted by atomic mass is 79.9. The molecule has 0 fully saturated rings. The topological polar surface area (TPSA) is 26.0 Å². The summed E-state index contributed by atoms with van der Waals surface area (Å²) in [7, 11) is 0. The minimum absolute atomic E-state index is 0.808. The highest BCUT2D eigenvalue weighted by molar-refractivity contribution is 9.10. The molecule has 0 saturated heterocycles. The van der Waals surface area contributed by atoms with Crippen molar-refractivity contribution in [1.82, 2.24) is 0 Å². The molecule has 0 bridgehead atoms. The minimum atomic E-state index is 0.808. The molecule has 0 aliphatic carbocycles. The Balaban J connectivity index is 2.30. The molecule has 82 valence electrons. The average Bonchev–Trinajstić information content (AvgIpc) is 2.24. The molecule has 0 unspecified atom stereocenters. The Bertz CT molecular complexity index is 511. The van der Waals surface area contributed by atoms with Crippen molar-refractivity contribution in [3.05, 3.63) is 52.5 Å². The lowest BCUT2D eigenvalue weighted by molar-refractivity contribution is 1.29. The predicted molar refractivity (Wildman–Crippen MR) is 73.9 cm³/mol. The first-order valence-corrected chi connectivity index (χ1v) is 6.55. The maximum Gasteiger partial charge on any atom is 0.0325 e. The van der Waals surface area contributed by atoms with Gasteiger partial charge in [0.2, 0.25) is 0 Å². The normalized spacial score (nSPS) is 10.4. The summed E-state index contributed by atoms with van der Waals surface area (Å²) in [4.78, 5) is 2.42. The maximum absolute atomic E-state index is 5.79. The molecular formula is C13H12BrNS. The summed E-state index contributed by atoms with van der Waals surface area (Å²) >= 11 is 5.20. The molecule has 2 rings (SSSR count). The van der Waals surface area contributed by atoms with Crippen molar-refractivity contribution in [2.24, 2.45) is 0 Å². The molecule has 3 heteroatoms. The molecule has 0 radical (unpaired) electrons. The summed E-state index contributed by atoms with van der Waals surface area (Å²) in [5, 5.41) is 0. The van der Waals surface area contributed by atoms with Crippen LogP contribution in [0.1, 0.15) is 5.56 Å². The quantitative estimate of drug-likeness (QED) is 0.826. The van der Waals surface area contributed by atoms with Crippen molar-refractivity contribution < 1.29 is 0 Å². The van der Waals surface area contributed by atoms with Gasteiger partial charge in [0.05, 0.1) is 0 Å². The molecule has 0 heterocycles. The average molecular weight is 294 g/mol. The van der Waals surface area contributed by atoms with Crippen LogP contribution in [-0.2, 0) is 0 Å². The van der Waals surface area contributed by atoms with Gasteiger partial charge in [0.15, 0.2) is 0 Å². The molecule has 1 nitrogen and oxygen atoms in total. The van der Waals surface area contributed by atoms with Crippen LogP contribution in [0.15, 0.2) is 56.7 Å².